The summed E-state index contributed by atoms with van der Waals surface area (Å²) in [7, 11) is 0. The molecule has 0 saturated heterocycles. The van der Waals surface area contributed by atoms with Crippen LogP contribution in [-0.4, -0.2) is 22.5 Å². The Bertz CT molecular complexity index is 905. The molecule has 3 aromatic carbocycles. The lowest BCUT2D eigenvalue weighted by Crippen LogP contribution is -2.22. The minimum Gasteiger partial charge on any atom is -0.489 e. The number of nitrogens with zero attached hydrogens (tertiary/aromatic N) is 1. The summed E-state index contributed by atoms with van der Waals surface area (Å²) in [6, 6.07) is 26.8. The molecule has 0 saturated carbocycles. The molecule has 0 aliphatic heterocycles. The van der Waals surface area contributed by atoms with Crippen molar-refractivity contribution >= 4 is 5.97 Å². The zero-order chi connectivity index (χ0) is 21.2. The van der Waals surface area contributed by atoms with Crippen LogP contribution in [0.2, 0.25) is 0 Å². The predicted molar refractivity (Wildman–Crippen MR) is 119 cm³/mol. The molecule has 3 rings (SSSR count). The molecule has 3 aromatic rings. The van der Waals surface area contributed by atoms with Crippen LogP contribution in [0.1, 0.15) is 35.6 Å². The van der Waals surface area contributed by atoms with Crippen LogP contribution in [0.3, 0.4) is 0 Å². The Morgan fingerprint density at radius 3 is 1.97 bits per heavy atom. The minimum atomic E-state index is -0.777. The van der Waals surface area contributed by atoms with E-state index < -0.39 is 5.97 Å². The average Bonchev–Trinajstić information content (AvgIpc) is 2.78. The highest BCUT2D eigenvalue weighted by Gasteiger charge is 2.06. The van der Waals surface area contributed by atoms with Crippen LogP contribution < -0.4 is 4.74 Å². The fourth-order valence-electron chi connectivity index (χ4n) is 3.29. The van der Waals surface area contributed by atoms with Crippen molar-refractivity contribution in [3.8, 4) is 5.75 Å². The Balaban J connectivity index is 1.48. The zero-order valence-corrected chi connectivity index (χ0v) is 17.5. The minimum absolute atomic E-state index is 0.146. The van der Waals surface area contributed by atoms with Gasteiger partial charge in [-0.2, -0.15) is 0 Å². The first-order valence-electron chi connectivity index (χ1n) is 10.4. The Morgan fingerprint density at radius 2 is 1.37 bits per heavy atom. The molecular weight excluding hydrogens is 374 g/mol. The average molecular weight is 404 g/mol. The van der Waals surface area contributed by atoms with E-state index in [4.69, 9.17) is 9.84 Å². The van der Waals surface area contributed by atoms with Crippen molar-refractivity contribution in [2.75, 3.05) is 6.54 Å². The second-order valence-corrected chi connectivity index (χ2v) is 7.43. The maximum atomic E-state index is 10.7. The Morgan fingerprint density at radius 1 is 0.800 bits per heavy atom. The lowest BCUT2D eigenvalue weighted by atomic mass is 10.1. The predicted octanol–water partition coefficient (Wildman–Crippen LogP) is 5.30. The molecule has 0 unspecified atom stereocenters. The molecule has 30 heavy (non-hydrogen) atoms. The molecule has 0 aliphatic rings. The lowest BCUT2D eigenvalue weighted by Gasteiger charge is -2.20. The van der Waals surface area contributed by atoms with E-state index in [2.05, 4.69) is 66.4 Å². The Kier molecular flexibility index (Phi) is 8.04. The number of benzene rings is 3. The second kappa shape index (κ2) is 11.2. The van der Waals surface area contributed by atoms with E-state index in [0.29, 0.717) is 13.0 Å². The summed E-state index contributed by atoms with van der Waals surface area (Å²) in [5.74, 6) is 0.0130. The molecule has 0 fully saturated rings. The van der Waals surface area contributed by atoms with E-state index in [0.717, 1.165) is 36.5 Å². The number of hydrogen-bond acceptors (Lipinski definition) is 3. The van der Waals surface area contributed by atoms with Gasteiger partial charge in [0.1, 0.15) is 12.4 Å². The van der Waals surface area contributed by atoms with Crippen molar-refractivity contribution in [1.82, 2.24) is 4.90 Å². The first-order valence-corrected chi connectivity index (χ1v) is 10.4. The van der Waals surface area contributed by atoms with E-state index in [1.54, 1.807) is 0 Å². The van der Waals surface area contributed by atoms with Gasteiger partial charge in [-0.15, -0.1) is 0 Å². The summed E-state index contributed by atoms with van der Waals surface area (Å²) in [5.41, 5.74) is 4.75. The molecule has 4 nitrogen and oxygen atoms in total. The van der Waals surface area contributed by atoms with Gasteiger partial charge in [0, 0.05) is 19.5 Å². The summed E-state index contributed by atoms with van der Waals surface area (Å²) in [6.07, 6.45) is 0.684. The molecule has 1 N–H and O–H groups in total. The number of carboxylic acids is 1. The quantitative estimate of drug-likeness (QED) is 0.472. The number of carboxylic acid groups (broad SMARTS) is 1. The van der Waals surface area contributed by atoms with Gasteiger partial charge in [-0.25, -0.2) is 0 Å². The van der Waals surface area contributed by atoms with Crippen LogP contribution in [0, 0.1) is 0 Å². The number of ether oxygens (including phenoxy) is 1. The summed E-state index contributed by atoms with van der Waals surface area (Å²) in [6.45, 7) is 5.57. The van der Waals surface area contributed by atoms with Crippen molar-refractivity contribution in [3.05, 3.63) is 101 Å². The molecule has 0 radical (unpaired) electrons. The molecule has 4 heteroatoms. The van der Waals surface area contributed by atoms with Gasteiger partial charge >= 0.3 is 5.97 Å². The van der Waals surface area contributed by atoms with Crippen molar-refractivity contribution in [2.45, 2.75) is 39.5 Å². The molecule has 0 aliphatic carbocycles. The number of carbonyl (C=O) groups is 1. The highest BCUT2D eigenvalue weighted by Crippen LogP contribution is 2.16. The second-order valence-electron chi connectivity index (χ2n) is 7.43. The third-order valence-electron chi connectivity index (χ3n) is 5.08. The number of hydrogen-bond donors (Lipinski definition) is 1. The summed E-state index contributed by atoms with van der Waals surface area (Å²) < 4.78 is 5.87. The van der Waals surface area contributed by atoms with Gasteiger partial charge < -0.3 is 9.84 Å². The van der Waals surface area contributed by atoms with E-state index in [1.807, 2.05) is 24.3 Å². The molecule has 0 atom stereocenters. The Labute approximate surface area is 178 Å². The van der Waals surface area contributed by atoms with Crippen LogP contribution in [0.25, 0.3) is 0 Å². The molecule has 156 valence electrons. The first-order chi connectivity index (χ1) is 14.6. The zero-order valence-electron chi connectivity index (χ0n) is 17.5. The van der Waals surface area contributed by atoms with E-state index in [9.17, 15) is 4.79 Å². The third kappa shape index (κ3) is 7.05. The van der Waals surface area contributed by atoms with Crippen molar-refractivity contribution < 1.29 is 14.6 Å². The van der Waals surface area contributed by atoms with Crippen LogP contribution in [0.15, 0.2) is 78.9 Å². The maximum absolute atomic E-state index is 10.7. The van der Waals surface area contributed by atoms with Crippen molar-refractivity contribution in [1.29, 1.82) is 0 Å². The topological polar surface area (TPSA) is 49.8 Å². The molecular formula is C26H29NO3. The van der Waals surface area contributed by atoms with E-state index >= 15 is 0 Å². The Hall–Kier alpha value is -3.11. The highest BCUT2D eigenvalue weighted by molar-refractivity contribution is 5.67. The van der Waals surface area contributed by atoms with Gasteiger partial charge in [0.2, 0.25) is 0 Å². The van der Waals surface area contributed by atoms with Gasteiger partial charge in [-0.1, -0.05) is 73.7 Å². The number of rotatable bonds is 11. The van der Waals surface area contributed by atoms with Gasteiger partial charge in [0.15, 0.2) is 0 Å². The molecule has 0 amide bonds. The SMILES string of the molecule is CCN(Cc1ccccc1)Cc1ccc(COc2ccc(CCC(=O)O)cc2)cc1. The first kappa shape index (κ1) is 21.6. The maximum Gasteiger partial charge on any atom is 0.303 e. The third-order valence-corrected chi connectivity index (χ3v) is 5.08. The highest BCUT2D eigenvalue weighted by atomic mass is 16.5. The van der Waals surface area contributed by atoms with Gasteiger partial charge in [0.25, 0.3) is 0 Å². The summed E-state index contributed by atoms with van der Waals surface area (Å²) in [4.78, 5) is 13.1. The van der Waals surface area contributed by atoms with Crippen LogP contribution in [0.5, 0.6) is 5.75 Å². The standard InChI is InChI=1S/C26H29NO3/c1-2-27(18-22-6-4-3-5-7-22)19-23-8-10-24(11-9-23)20-30-25-15-12-21(13-16-25)14-17-26(28)29/h3-13,15-16H,2,14,17-20H2,1H3,(H,28,29). The summed E-state index contributed by atoms with van der Waals surface area (Å²) >= 11 is 0. The van der Waals surface area contributed by atoms with Crippen LogP contribution in [-0.2, 0) is 30.9 Å². The number of aryl methyl sites for hydroxylation is 1. The molecule has 0 aromatic heterocycles. The molecule has 0 spiro atoms. The molecule has 0 bridgehead atoms. The van der Waals surface area contributed by atoms with Crippen molar-refractivity contribution in [2.24, 2.45) is 0 Å². The smallest absolute Gasteiger partial charge is 0.303 e. The van der Waals surface area contributed by atoms with Crippen LogP contribution >= 0.6 is 0 Å². The van der Waals surface area contributed by atoms with Crippen LogP contribution in [0.4, 0.5) is 0 Å². The van der Waals surface area contributed by atoms with E-state index in [-0.39, 0.29) is 6.42 Å². The molecule has 0 heterocycles. The van der Waals surface area contributed by atoms with Gasteiger partial charge in [-0.3, -0.25) is 9.69 Å². The van der Waals surface area contributed by atoms with Gasteiger partial charge in [-0.05, 0) is 47.4 Å². The fourth-order valence-corrected chi connectivity index (χ4v) is 3.29. The summed E-state index contributed by atoms with van der Waals surface area (Å²) in [5, 5.41) is 8.76. The lowest BCUT2D eigenvalue weighted by molar-refractivity contribution is -0.136. The van der Waals surface area contributed by atoms with E-state index in [1.165, 1.54) is 11.1 Å². The number of aliphatic carboxylic acids is 1. The monoisotopic (exact) mass is 403 g/mol. The fraction of sp³-hybridized carbons (Fsp3) is 0.269. The normalized spacial score (nSPS) is 10.9. The van der Waals surface area contributed by atoms with Gasteiger partial charge in [0.05, 0.1) is 0 Å². The van der Waals surface area contributed by atoms with Crippen molar-refractivity contribution in [3.63, 3.8) is 0 Å². The largest absolute Gasteiger partial charge is 0.489 e.